The number of fused-ring (bicyclic) bond motifs is 1. The Hall–Kier alpha value is -4.68. The zero-order valence-corrected chi connectivity index (χ0v) is 24.0. The van der Waals surface area contributed by atoms with E-state index in [2.05, 4.69) is 40.9 Å². The Morgan fingerprint density at radius 1 is 0.952 bits per heavy atom. The summed E-state index contributed by atoms with van der Waals surface area (Å²) in [5.74, 6) is -3.86. The average molecular weight is 582 g/mol. The lowest BCUT2D eigenvalue weighted by Gasteiger charge is -2.19. The van der Waals surface area contributed by atoms with Crippen LogP contribution in [-0.2, 0) is 6.54 Å². The number of halogens is 2. The number of methoxy groups -OCH3 is 2. The third-order valence-corrected chi connectivity index (χ3v) is 6.30. The third kappa shape index (κ3) is 7.53. The third-order valence-electron chi connectivity index (χ3n) is 6.30. The number of benzene rings is 2. The van der Waals surface area contributed by atoms with Crippen LogP contribution in [0.15, 0.2) is 54.9 Å². The summed E-state index contributed by atoms with van der Waals surface area (Å²) in [7, 11) is 8.68. The summed E-state index contributed by atoms with van der Waals surface area (Å²) in [6.07, 6.45) is 3.11. The fraction of sp³-hybridized carbons (Fsp3) is 0.267. The molecule has 0 saturated carbocycles. The van der Waals surface area contributed by atoms with Crippen molar-refractivity contribution < 1.29 is 33.0 Å². The number of nitrogens with two attached hydrogens (primary N) is 1. The van der Waals surface area contributed by atoms with E-state index in [1.54, 1.807) is 24.4 Å². The molecule has 42 heavy (non-hydrogen) atoms. The van der Waals surface area contributed by atoms with Gasteiger partial charge in [-0.3, -0.25) is 14.8 Å². The molecule has 0 bridgehead atoms. The molecule has 0 spiro atoms. The minimum absolute atomic E-state index is 0.0602. The van der Waals surface area contributed by atoms with Gasteiger partial charge in [0.2, 0.25) is 0 Å². The van der Waals surface area contributed by atoms with Gasteiger partial charge < -0.3 is 30.1 Å². The molecule has 0 aliphatic heterocycles. The summed E-state index contributed by atoms with van der Waals surface area (Å²) in [5, 5.41) is 9.59. The first kappa shape index (κ1) is 31.8. The van der Waals surface area contributed by atoms with Crippen LogP contribution in [0.25, 0.3) is 22.0 Å². The molecule has 0 radical (unpaired) electrons. The van der Waals surface area contributed by atoms with Crippen molar-refractivity contribution in [2.45, 2.75) is 6.54 Å². The summed E-state index contributed by atoms with van der Waals surface area (Å²) in [5.41, 5.74) is 6.37. The number of carbonyl (C=O) groups is 2. The van der Waals surface area contributed by atoms with Crippen LogP contribution < -0.4 is 15.2 Å². The molecule has 4 rings (SSSR count). The Balaban J connectivity index is 0.000000250. The number of pyridine rings is 2. The van der Waals surface area contributed by atoms with Gasteiger partial charge in [0.25, 0.3) is 5.91 Å². The highest BCUT2D eigenvalue weighted by Crippen LogP contribution is 2.40. The number of carboxylic acid groups (broad SMARTS) is 1. The van der Waals surface area contributed by atoms with Gasteiger partial charge in [-0.1, -0.05) is 18.2 Å². The molecule has 10 nitrogen and oxygen atoms in total. The molecule has 0 fully saturated rings. The Labute approximate surface area is 242 Å². The first-order chi connectivity index (χ1) is 20.0. The van der Waals surface area contributed by atoms with Crippen molar-refractivity contribution in [3.8, 4) is 22.6 Å². The molecule has 0 saturated heterocycles. The molecule has 0 unspecified atom stereocenters. The first-order valence-corrected chi connectivity index (χ1v) is 12.8. The predicted molar refractivity (Wildman–Crippen MR) is 155 cm³/mol. The van der Waals surface area contributed by atoms with E-state index in [0.29, 0.717) is 11.1 Å². The SMILES string of the molecule is CN(C)CCN(C)Cc1ccc(C(N)=O)nc1.COc1cc(OC)c(F)c(-c2ccc(C(=O)O)c3ncccc23)c1F. The molecule has 2 heterocycles. The van der Waals surface area contributed by atoms with Gasteiger partial charge in [0, 0.05) is 43.5 Å². The quantitative estimate of drug-likeness (QED) is 0.285. The highest BCUT2D eigenvalue weighted by molar-refractivity contribution is 6.07. The molecule has 12 heteroatoms. The number of hydrogen-bond acceptors (Lipinski definition) is 8. The maximum absolute atomic E-state index is 14.8. The Morgan fingerprint density at radius 3 is 2.14 bits per heavy atom. The molecular weight excluding hydrogens is 548 g/mol. The van der Waals surface area contributed by atoms with E-state index in [0.717, 1.165) is 31.3 Å². The molecule has 1 amide bonds. The zero-order valence-electron chi connectivity index (χ0n) is 24.0. The minimum atomic E-state index is -1.18. The fourth-order valence-electron chi connectivity index (χ4n) is 4.11. The number of carboxylic acids is 1. The molecule has 2 aromatic carbocycles. The number of rotatable bonds is 10. The van der Waals surface area contributed by atoms with Crippen LogP contribution in [0.4, 0.5) is 8.78 Å². The van der Waals surface area contributed by atoms with E-state index in [1.165, 1.54) is 32.5 Å². The number of aromatic carboxylic acids is 1. The zero-order chi connectivity index (χ0) is 31.0. The van der Waals surface area contributed by atoms with E-state index >= 15 is 0 Å². The standard InChI is InChI=1S/C18H13F2NO4.C12H20N4O/c1-24-12-8-13(25-2)16(20)14(15(12)19)9-5-6-11(18(22)23)17-10(9)4-3-7-21-17;1-15(2)6-7-16(3)9-10-4-5-11(12(13)17)14-8-10/h3-8H,1-2H3,(H,22,23);4-5,8H,6-7,9H2,1-3H3,(H2,13,17). The van der Waals surface area contributed by atoms with Crippen molar-refractivity contribution >= 4 is 22.8 Å². The lowest BCUT2D eigenvalue weighted by Crippen LogP contribution is -2.28. The van der Waals surface area contributed by atoms with Crippen molar-refractivity contribution in [3.05, 3.63) is 83.3 Å². The summed E-state index contributed by atoms with van der Waals surface area (Å²) < 4.78 is 39.4. The van der Waals surface area contributed by atoms with Crippen LogP contribution in [0.1, 0.15) is 26.4 Å². The fourth-order valence-corrected chi connectivity index (χ4v) is 4.11. The van der Waals surface area contributed by atoms with E-state index in [4.69, 9.17) is 15.2 Å². The second-order valence-corrected chi connectivity index (χ2v) is 9.61. The van der Waals surface area contributed by atoms with Crippen LogP contribution in [0.5, 0.6) is 11.5 Å². The van der Waals surface area contributed by atoms with Crippen LogP contribution in [-0.4, -0.2) is 85.2 Å². The minimum Gasteiger partial charge on any atom is -0.494 e. The summed E-state index contributed by atoms with van der Waals surface area (Å²) in [4.78, 5) is 34.6. The van der Waals surface area contributed by atoms with Gasteiger partial charge in [0.05, 0.1) is 30.9 Å². The molecular formula is C30H33F2N5O5. The second kappa shape index (κ2) is 14.3. The monoisotopic (exact) mass is 581 g/mol. The maximum Gasteiger partial charge on any atom is 0.337 e. The second-order valence-electron chi connectivity index (χ2n) is 9.61. The van der Waals surface area contributed by atoms with Crippen LogP contribution in [0.2, 0.25) is 0 Å². The summed E-state index contributed by atoms with van der Waals surface area (Å²) in [6, 6.07) is 10.4. The highest BCUT2D eigenvalue weighted by atomic mass is 19.1. The molecule has 4 aromatic rings. The first-order valence-electron chi connectivity index (χ1n) is 12.8. The Bertz CT molecular complexity index is 1540. The number of primary amides is 1. The highest BCUT2D eigenvalue weighted by Gasteiger charge is 2.24. The lowest BCUT2D eigenvalue weighted by atomic mass is 9.96. The summed E-state index contributed by atoms with van der Waals surface area (Å²) in [6.45, 7) is 2.83. The Morgan fingerprint density at radius 2 is 1.62 bits per heavy atom. The molecule has 222 valence electrons. The molecule has 2 aromatic heterocycles. The normalized spacial score (nSPS) is 10.9. The van der Waals surface area contributed by atoms with E-state index in [-0.39, 0.29) is 33.7 Å². The van der Waals surface area contributed by atoms with Crippen molar-refractivity contribution in [3.63, 3.8) is 0 Å². The number of nitrogens with zero attached hydrogens (tertiary/aromatic N) is 4. The lowest BCUT2D eigenvalue weighted by molar-refractivity contribution is 0.0698. The van der Waals surface area contributed by atoms with Gasteiger partial charge in [-0.2, -0.15) is 0 Å². The smallest absolute Gasteiger partial charge is 0.337 e. The molecule has 0 aliphatic carbocycles. The van der Waals surface area contributed by atoms with Gasteiger partial charge in [-0.25, -0.2) is 13.6 Å². The molecule has 0 atom stereocenters. The van der Waals surface area contributed by atoms with Crippen LogP contribution in [0, 0.1) is 11.6 Å². The van der Waals surface area contributed by atoms with Gasteiger partial charge >= 0.3 is 5.97 Å². The van der Waals surface area contributed by atoms with Crippen molar-refractivity contribution in [2.24, 2.45) is 5.73 Å². The van der Waals surface area contributed by atoms with E-state index in [9.17, 15) is 23.5 Å². The summed E-state index contributed by atoms with van der Waals surface area (Å²) >= 11 is 0. The van der Waals surface area contributed by atoms with Crippen molar-refractivity contribution in [2.75, 3.05) is 48.5 Å². The van der Waals surface area contributed by atoms with E-state index in [1.807, 2.05) is 6.07 Å². The number of aromatic nitrogens is 2. The van der Waals surface area contributed by atoms with E-state index < -0.39 is 23.5 Å². The molecule has 0 aliphatic rings. The predicted octanol–water partition coefficient (Wildman–Crippen LogP) is 4.07. The van der Waals surface area contributed by atoms with Crippen molar-refractivity contribution in [1.82, 2.24) is 19.8 Å². The van der Waals surface area contributed by atoms with Crippen molar-refractivity contribution in [1.29, 1.82) is 0 Å². The van der Waals surface area contributed by atoms with Crippen LogP contribution in [0.3, 0.4) is 0 Å². The average Bonchev–Trinajstić information content (AvgIpc) is 2.97. The van der Waals surface area contributed by atoms with Gasteiger partial charge in [0.1, 0.15) is 5.69 Å². The number of carbonyl (C=O) groups excluding carboxylic acids is 1. The van der Waals surface area contributed by atoms with Gasteiger partial charge in [-0.05, 0) is 50.5 Å². The number of amides is 1. The van der Waals surface area contributed by atoms with Crippen LogP contribution >= 0.6 is 0 Å². The van der Waals surface area contributed by atoms with Gasteiger partial charge in [0.15, 0.2) is 23.1 Å². The number of ether oxygens (including phenoxy) is 2. The van der Waals surface area contributed by atoms with Gasteiger partial charge in [-0.15, -0.1) is 0 Å². The number of likely N-dealkylation sites (N-methyl/N-ethyl adjacent to an activating group) is 2. The number of hydrogen-bond donors (Lipinski definition) is 2. The topological polar surface area (TPSA) is 131 Å². The largest absolute Gasteiger partial charge is 0.494 e. The maximum atomic E-state index is 14.8. The molecule has 3 N–H and O–H groups in total. The Kier molecular flexibility index (Phi) is 10.8.